The Balaban J connectivity index is 0.951. The third-order valence-electron chi connectivity index (χ3n) is 11.8. The zero-order valence-corrected chi connectivity index (χ0v) is 30.2. The number of hydrogen-bond donors (Lipinski definition) is 0. The van der Waals surface area contributed by atoms with Crippen LogP contribution in [-0.4, -0.2) is 9.55 Å². The molecule has 2 nitrogen and oxygen atoms in total. The van der Waals surface area contributed by atoms with E-state index in [-0.39, 0.29) is 5.41 Å². The summed E-state index contributed by atoms with van der Waals surface area (Å²) in [4.78, 5) is 4.95. The standard InChI is InChI=1S/C52H36N2/c1-52(2)45-31-36(33-22-24-34(25-23-33)51-43-16-3-7-18-47(43)53-48-19-8-4-17-44(48)51)26-28-39(45)40-29-27-37(32-46(40)52)35-12-11-13-38(30-35)54-49-20-9-5-14-41(49)42-15-6-10-21-50(42)54/h3-32H,1-2H3. The number of rotatable bonds is 4. The maximum absolute atomic E-state index is 4.95. The molecular weight excluding hydrogens is 653 g/mol. The van der Waals surface area contributed by atoms with E-state index < -0.39 is 0 Å². The van der Waals surface area contributed by atoms with E-state index >= 15 is 0 Å². The minimum absolute atomic E-state index is 0.143. The van der Waals surface area contributed by atoms with E-state index in [0.717, 1.165) is 11.0 Å². The summed E-state index contributed by atoms with van der Waals surface area (Å²) < 4.78 is 2.40. The normalized spacial score (nSPS) is 13.1. The van der Waals surface area contributed by atoms with E-state index in [4.69, 9.17) is 4.98 Å². The largest absolute Gasteiger partial charge is 0.309 e. The van der Waals surface area contributed by atoms with Gasteiger partial charge in [0.25, 0.3) is 0 Å². The summed E-state index contributed by atoms with van der Waals surface area (Å²) in [7, 11) is 0. The first kappa shape index (κ1) is 30.8. The molecule has 0 aliphatic heterocycles. The van der Waals surface area contributed by atoms with Gasteiger partial charge in [0.15, 0.2) is 0 Å². The molecule has 254 valence electrons. The third-order valence-corrected chi connectivity index (χ3v) is 11.8. The Morgan fingerprint density at radius 2 is 0.852 bits per heavy atom. The van der Waals surface area contributed by atoms with Crippen molar-refractivity contribution in [3.8, 4) is 50.2 Å². The van der Waals surface area contributed by atoms with Gasteiger partial charge < -0.3 is 4.57 Å². The fourth-order valence-corrected chi connectivity index (χ4v) is 9.10. The Morgan fingerprint density at radius 3 is 1.44 bits per heavy atom. The Hall–Kier alpha value is -6.77. The van der Waals surface area contributed by atoms with Crippen molar-refractivity contribution >= 4 is 43.6 Å². The summed E-state index contributed by atoms with van der Waals surface area (Å²) in [6.07, 6.45) is 0. The highest BCUT2D eigenvalue weighted by molar-refractivity contribution is 6.10. The first-order chi connectivity index (χ1) is 26.5. The third kappa shape index (κ3) is 4.56. The predicted molar refractivity (Wildman–Crippen MR) is 227 cm³/mol. The average Bonchev–Trinajstić information content (AvgIpc) is 3.68. The van der Waals surface area contributed by atoms with E-state index in [1.165, 1.54) is 93.9 Å². The molecule has 0 unspecified atom stereocenters. The molecule has 0 amide bonds. The lowest BCUT2D eigenvalue weighted by Gasteiger charge is -2.23. The van der Waals surface area contributed by atoms with Gasteiger partial charge in [-0.3, -0.25) is 0 Å². The van der Waals surface area contributed by atoms with Crippen LogP contribution in [0, 0.1) is 0 Å². The monoisotopic (exact) mass is 688 g/mol. The van der Waals surface area contributed by atoms with Crippen LogP contribution in [0.3, 0.4) is 0 Å². The predicted octanol–water partition coefficient (Wildman–Crippen LogP) is 13.8. The van der Waals surface area contributed by atoms with Crippen molar-refractivity contribution in [3.05, 3.63) is 193 Å². The molecule has 1 aliphatic rings. The SMILES string of the molecule is CC1(C)c2cc(-c3ccc(-c4c5ccccc5nc5ccccc45)cc3)ccc2-c2ccc(-c3cccc(-n4c5ccccc5c5ccccc54)c3)cc21. The van der Waals surface area contributed by atoms with Crippen molar-refractivity contribution in [3.63, 3.8) is 0 Å². The van der Waals surface area contributed by atoms with Gasteiger partial charge in [-0.1, -0.05) is 147 Å². The Morgan fingerprint density at radius 1 is 0.389 bits per heavy atom. The van der Waals surface area contributed by atoms with Gasteiger partial charge in [0.2, 0.25) is 0 Å². The molecule has 54 heavy (non-hydrogen) atoms. The highest BCUT2D eigenvalue weighted by Crippen LogP contribution is 2.51. The second-order valence-corrected chi connectivity index (χ2v) is 15.2. The quantitative estimate of drug-likeness (QED) is 0.168. The second kappa shape index (κ2) is 11.6. The van der Waals surface area contributed by atoms with Crippen LogP contribution in [0.1, 0.15) is 25.0 Å². The molecule has 8 aromatic carbocycles. The van der Waals surface area contributed by atoms with Gasteiger partial charge >= 0.3 is 0 Å². The van der Waals surface area contributed by atoms with Crippen LogP contribution in [0.5, 0.6) is 0 Å². The first-order valence-electron chi connectivity index (χ1n) is 18.8. The van der Waals surface area contributed by atoms with Crippen molar-refractivity contribution in [1.29, 1.82) is 0 Å². The van der Waals surface area contributed by atoms with Crippen LogP contribution in [0.25, 0.3) is 93.8 Å². The minimum Gasteiger partial charge on any atom is -0.309 e. The summed E-state index contributed by atoms with van der Waals surface area (Å²) in [5, 5.41) is 4.92. The van der Waals surface area contributed by atoms with Gasteiger partial charge in [0, 0.05) is 38.2 Å². The van der Waals surface area contributed by atoms with E-state index in [2.05, 4.69) is 200 Å². The van der Waals surface area contributed by atoms with Crippen LogP contribution < -0.4 is 0 Å². The molecular formula is C52H36N2. The molecule has 10 aromatic rings. The maximum Gasteiger partial charge on any atom is 0.0715 e. The van der Waals surface area contributed by atoms with Crippen molar-refractivity contribution in [2.24, 2.45) is 0 Å². The molecule has 2 heterocycles. The summed E-state index contributed by atoms with van der Waals surface area (Å²) >= 11 is 0. The molecule has 0 radical (unpaired) electrons. The number of benzene rings is 8. The fraction of sp³-hybridized carbons (Fsp3) is 0.0577. The molecule has 0 N–H and O–H groups in total. The molecule has 2 aromatic heterocycles. The second-order valence-electron chi connectivity index (χ2n) is 15.2. The number of pyridine rings is 1. The zero-order chi connectivity index (χ0) is 36.0. The zero-order valence-electron chi connectivity index (χ0n) is 30.2. The van der Waals surface area contributed by atoms with Crippen molar-refractivity contribution in [1.82, 2.24) is 9.55 Å². The Labute approximate surface area is 314 Å². The van der Waals surface area contributed by atoms with Crippen LogP contribution in [0.2, 0.25) is 0 Å². The van der Waals surface area contributed by atoms with Gasteiger partial charge in [0.05, 0.1) is 22.1 Å². The number of nitrogens with zero attached hydrogens (tertiary/aromatic N) is 2. The van der Waals surface area contributed by atoms with Crippen molar-refractivity contribution in [2.45, 2.75) is 19.3 Å². The molecule has 11 rings (SSSR count). The number of hydrogen-bond acceptors (Lipinski definition) is 1. The molecule has 0 bridgehead atoms. The van der Waals surface area contributed by atoms with E-state index in [0.29, 0.717) is 0 Å². The molecule has 0 atom stereocenters. The van der Waals surface area contributed by atoms with Gasteiger partial charge in [-0.25, -0.2) is 4.98 Å². The first-order valence-corrected chi connectivity index (χ1v) is 18.8. The van der Waals surface area contributed by atoms with Gasteiger partial charge in [-0.2, -0.15) is 0 Å². The molecule has 1 aliphatic carbocycles. The summed E-state index contributed by atoms with van der Waals surface area (Å²) in [5.74, 6) is 0. The highest BCUT2D eigenvalue weighted by Gasteiger charge is 2.36. The molecule has 2 heteroatoms. The van der Waals surface area contributed by atoms with Gasteiger partial charge in [-0.15, -0.1) is 0 Å². The topological polar surface area (TPSA) is 17.8 Å². The molecule has 0 saturated carbocycles. The van der Waals surface area contributed by atoms with E-state index in [1.54, 1.807) is 0 Å². The van der Waals surface area contributed by atoms with Gasteiger partial charge in [0.1, 0.15) is 0 Å². The average molecular weight is 689 g/mol. The smallest absolute Gasteiger partial charge is 0.0715 e. The van der Waals surface area contributed by atoms with Crippen molar-refractivity contribution in [2.75, 3.05) is 0 Å². The number of fused-ring (bicyclic) bond motifs is 8. The number of aromatic nitrogens is 2. The Bertz CT molecular complexity index is 3020. The summed E-state index contributed by atoms with van der Waals surface area (Å²) in [6.45, 7) is 4.75. The lowest BCUT2D eigenvalue weighted by atomic mass is 9.80. The summed E-state index contributed by atoms with van der Waals surface area (Å²) in [5.41, 5.74) is 18.3. The maximum atomic E-state index is 4.95. The van der Waals surface area contributed by atoms with Crippen LogP contribution in [-0.2, 0) is 5.41 Å². The minimum atomic E-state index is -0.143. The van der Waals surface area contributed by atoms with Crippen molar-refractivity contribution < 1.29 is 0 Å². The Kier molecular flexibility index (Phi) is 6.63. The van der Waals surface area contributed by atoms with Crippen LogP contribution in [0.15, 0.2) is 182 Å². The van der Waals surface area contributed by atoms with E-state index in [9.17, 15) is 0 Å². The highest BCUT2D eigenvalue weighted by atomic mass is 15.0. The van der Waals surface area contributed by atoms with Crippen LogP contribution in [0.4, 0.5) is 0 Å². The van der Waals surface area contributed by atoms with Crippen LogP contribution >= 0.6 is 0 Å². The molecule has 0 fully saturated rings. The molecule has 0 saturated heterocycles. The van der Waals surface area contributed by atoms with E-state index in [1.807, 2.05) is 0 Å². The lowest BCUT2D eigenvalue weighted by molar-refractivity contribution is 0.661. The number of para-hydroxylation sites is 4. The summed E-state index contributed by atoms with van der Waals surface area (Å²) in [6, 6.07) is 66.6. The van der Waals surface area contributed by atoms with Gasteiger partial charge in [-0.05, 0) is 98.6 Å². The fourth-order valence-electron chi connectivity index (χ4n) is 9.10. The molecule has 0 spiro atoms. The lowest BCUT2D eigenvalue weighted by Crippen LogP contribution is -2.15.